The van der Waals surface area contributed by atoms with E-state index in [1.807, 2.05) is 0 Å². The number of methoxy groups -OCH3 is 1. The first-order valence-corrected chi connectivity index (χ1v) is 6.12. The third kappa shape index (κ3) is 2.99. The second kappa shape index (κ2) is 6.04. The Morgan fingerprint density at radius 3 is 2.76 bits per heavy atom. The first-order chi connectivity index (χ1) is 10.1. The maximum absolute atomic E-state index is 11.8. The monoisotopic (exact) mass is 290 g/mol. The summed E-state index contributed by atoms with van der Waals surface area (Å²) < 4.78 is 10.8. The molecule has 0 aliphatic carbocycles. The Hall–Kier alpha value is -2.90. The van der Waals surface area contributed by atoms with E-state index in [1.165, 1.54) is 36.4 Å². The fourth-order valence-electron chi connectivity index (χ4n) is 1.67. The van der Waals surface area contributed by atoms with Gasteiger partial charge in [-0.2, -0.15) is 5.10 Å². The molecule has 8 nitrogen and oxygen atoms in total. The lowest BCUT2D eigenvalue weighted by Crippen LogP contribution is -2.11. The van der Waals surface area contributed by atoms with Crippen LogP contribution in [-0.4, -0.2) is 40.4 Å². The highest BCUT2D eigenvalue weighted by molar-refractivity contribution is 5.94. The Morgan fingerprint density at radius 1 is 1.33 bits per heavy atom. The van der Waals surface area contributed by atoms with Crippen molar-refractivity contribution in [3.05, 3.63) is 35.8 Å². The highest BCUT2D eigenvalue weighted by Crippen LogP contribution is 2.16. The van der Waals surface area contributed by atoms with Gasteiger partial charge in [-0.05, 0) is 13.0 Å². The maximum Gasteiger partial charge on any atom is 0.341 e. The van der Waals surface area contributed by atoms with E-state index in [4.69, 9.17) is 10.5 Å². The van der Waals surface area contributed by atoms with Gasteiger partial charge in [-0.3, -0.25) is 0 Å². The van der Waals surface area contributed by atoms with Gasteiger partial charge >= 0.3 is 11.9 Å². The fraction of sp³-hybridized carbons (Fsp3) is 0.231. The smallest absolute Gasteiger partial charge is 0.341 e. The van der Waals surface area contributed by atoms with Crippen LogP contribution in [-0.2, 0) is 9.47 Å². The molecule has 0 unspecified atom stereocenters. The molecule has 2 rings (SSSR count). The number of pyridine rings is 1. The van der Waals surface area contributed by atoms with E-state index in [0.29, 0.717) is 5.69 Å². The van der Waals surface area contributed by atoms with Crippen LogP contribution in [0.4, 0.5) is 5.69 Å². The number of nitrogen functional groups attached to an aromatic ring is 1. The summed E-state index contributed by atoms with van der Waals surface area (Å²) in [5.74, 6) is -0.886. The van der Waals surface area contributed by atoms with E-state index < -0.39 is 11.9 Å². The predicted molar refractivity (Wildman–Crippen MR) is 73.1 cm³/mol. The molecule has 2 aromatic heterocycles. The number of esters is 2. The Labute approximate surface area is 120 Å². The van der Waals surface area contributed by atoms with Crippen molar-refractivity contribution >= 4 is 17.6 Å². The molecule has 0 atom stereocenters. The zero-order chi connectivity index (χ0) is 15.4. The van der Waals surface area contributed by atoms with Crippen LogP contribution in [0.1, 0.15) is 27.6 Å². The molecule has 2 aromatic rings. The SMILES string of the molecule is CCOC(=O)c1cnn(-c2ncc(N)cc2C(=O)OC)c1. The number of rotatable bonds is 4. The lowest BCUT2D eigenvalue weighted by atomic mass is 10.2. The van der Waals surface area contributed by atoms with E-state index in [1.54, 1.807) is 6.92 Å². The number of nitrogens with zero attached hydrogens (tertiary/aromatic N) is 3. The zero-order valence-corrected chi connectivity index (χ0v) is 11.6. The standard InChI is InChI=1S/C13H14N4O4/c1-3-21-12(18)8-5-16-17(7-8)11-10(13(19)20-2)4-9(14)6-15-11/h4-7H,3,14H2,1-2H3. The molecule has 0 spiro atoms. The Balaban J connectivity index is 2.43. The molecule has 0 bridgehead atoms. The van der Waals surface area contributed by atoms with Crippen molar-refractivity contribution in [2.45, 2.75) is 6.92 Å². The molecule has 0 amide bonds. The molecule has 2 heterocycles. The molecular weight excluding hydrogens is 276 g/mol. The van der Waals surface area contributed by atoms with Gasteiger partial charge in [-0.15, -0.1) is 0 Å². The van der Waals surface area contributed by atoms with Crippen LogP contribution in [0.5, 0.6) is 0 Å². The van der Waals surface area contributed by atoms with E-state index in [-0.39, 0.29) is 23.6 Å². The molecule has 0 radical (unpaired) electrons. The van der Waals surface area contributed by atoms with Crippen molar-refractivity contribution in [2.75, 3.05) is 19.5 Å². The van der Waals surface area contributed by atoms with Gasteiger partial charge in [0.25, 0.3) is 0 Å². The van der Waals surface area contributed by atoms with E-state index in [2.05, 4.69) is 14.8 Å². The topological polar surface area (TPSA) is 109 Å². The number of hydrogen-bond donors (Lipinski definition) is 1. The molecule has 2 N–H and O–H groups in total. The minimum absolute atomic E-state index is 0.149. The molecule has 0 aromatic carbocycles. The second-order valence-corrected chi connectivity index (χ2v) is 4.03. The van der Waals surface area contributed by atoms with Gasteiger partial charge in [0.15, 0.2) is 5.82 Å². The Morgan fingerprint density at radius 2 is 2.10 bits per heavy atom. The quantitative estimate of drug-likeness (QED) is 0.830. The summed E-state index contributed by atoms with van der Waals surface area (Å²) in [6.07, 6.45) is 4.13. The van der Waals surface area contributed by atoms with Crippen LogP contribution in [0.25, 0.3) is 5.82 Å². The summed E-state index contributed by atoms with van der Waals surface area (Å²) in [6, 6.07) is 1.43. The zero-order valence-electron chi connectivity index (χ0n) is 11.6. The van der Waals surface area contributed by atoms with Gasteiger partial charge in [-0.25, -0.2) is 19.3 Å². The van der Waals surface area contributed by atoms with Crippen molar-refractivity contribution in [3.8, 4) is 5.82 Å². The van der Waals surface area contributed by atoms with Crippen molar-refractivity contribution < 1.29 is 19.1 Å². The molecule has 0 aliphatic rings. The van der Waals surface area contributed by atoms with Crippen LogP contribution in [0.3, 0.4) is 0 Å². The highest BCUT2D eigenvalue weighted by Gasteiger charge is 2.18. The molecule has 0 saturated heterocycles. The number of aromatic nitrogens is 3. The number of carbonyl (C=O) groups excluding carboxylic acids is 2. The Bertz CT molecular complexity index is 681. The first kappa shape index (κ1) is 14.5. The number of carbonyl (C=O) groups is 2. The van der Waals surface area contributed by atoms with Crippen LogP contribution in [0.15, 0.2) is 24.7 Å². The number of anilines is 1. The van der Waals surface area contributed by atoms with Crippen LogP contribution < -0.4 is 5.73 Å². The summed E-state index contributed by atoms with van der Waals surface area (Å²) in [5, 5.41) is 4.00. The average molecular weight is 290 g/mol. The molecule has 0 saturated carbocycles. The number of hydrogen-bond acceptors (Lipinski definition) is 7. The van der Waals surface area contributed by atoms with Crippen LogP contribution >= 0.6 is 0 Å². The third-order valence-electron chi connectivity index (χ3n) is 2.60. The normalized spacial score (nSPS) is 10.2. The molecule has 0 fully saturated rings. The summed E-state index contributed by atoms with van der Waals surface area (Å²) in [5.41, 5.74) is 6.34. The summed E-state index contributed by atoms with van der Waals surface area (Å²) in [4.78, 5) is 27.4. The highest BCUT2D eigenvalue weighted by atomic mass is 16.5. The lowest BCUT2D eigenvalue weighted by Gasteiger charge is -2.07. The van der Waals surface area contributed by atoms with Crippen molar-refractivity contribution in [1.82, 2.24) is 14.8 Å². The summed E-state index contributed by atoms with van der Waals surface area (Å²) in [7, 11) is 1.25. The van der Waals surface area contributed by atoms with Gasteiger partial charge in [0.05, 0.1) is 37.4 Å². The maximum atomic E-state index is 11.8. The second-order valence-electron chi connectivity index (χ2n) is 4.03. The Kier molecular flexibility index (Phi) is 4.17. The summed E-state index contributed by atoms with van der Waals surface area (Å²) in [6.45, 7) is 1.97. The minimum Gasteiger partial charge on any atom is -0.465 e. The third-order valence-corrected chi connectivity index (χ3v) is 2.60. The first-order valence-electron chi connectivity index (χ1n) is 6.12. The van der Waals surface area contributed by atoms with Crippen molar-refractivity contribution in [3.63, 3.8) is 0 Å². The van der Waals surface area contributed by atoms with E-state index in [9.17, 15) is 9.59 Å². The minimum atomic E-state index is -0.599. The number of ether oxygens (including phenoxy) is 2. The molecular formula is C13H14N4O4. The molecule has 21 heavy (non-hydrogen) atoms. The largest absolute Gasteiger partial charge is 0.465 e. The van der Waals surface area contributed by atoms with Crippen LogP contribution in [0.2, 0.25) is 0 Å². The van der Waals surface area contributed by atoms with Gasteiger partial charge < -0.3 is 15.2 Å². The molecule has 0 aliphatic heterocycles. The van der Waals surface area contributed by atoms with Gasteiger partial charge in [0.1, 0.15) is 5.56 Å². The molecule has 8 heteroatoms. The van der Waals surface area contributed by atoms with Crippen LogP contribution in [0, 0.1) is 0 Å². The average Bonchev–Trinajstić information content (AvgIpc) is 2.96. The van der Waals surface area contributed by atoms with E-state index >= 15 is 0 Å². The summed E-state index contributed by atoms with van der Waals surface area (Å²) >= 11 is 0. The van der Waals surface area contributed by atoms with Crippen molar-refractivity contribution in [2.24, 2.45) is 0 Å². The van der Waals surface area contributed by atoms with Gasteiger partial charge in [0.2, 0.25) is 0 Å². The fourth-order valence-corrected chi connectivity index (χ4v) is 1.67. The van der Waals surface area contributed by atoms with Gasteiger partial charge in [0, 0.05) is 6.20 Å². The lowest BCUT2D eigenvalue weighted by molar-refractivity contribution is 0.0525. The molecule has 110 valence electrons. The predicted octanol–water partition coefficient (Wildman–Crippen LogP) is 0.813. The van der Waals surface area contributed by atoms with Crippen molar-refractivity contribution in [1.29, 1.82) is 0 Å². The van der Waals surface area contributed by atoms with E-state index in [0.717, 1.165) is 0 Å². The number of nitrogens with two attached hydrogens (primary N) is 1. The van der Waals surface area contributed by atoms with Gasteiger partial charge in [-0.1, -0.05) is 0 Å².